The summed E-state index contributed by atoms with van der Waals surface area (Å²) in [7, 11) is 3.46. The van der Waals surface area contributed by atoms with Gasteiger partial charge >= 0.3 is 0 Å². The summed E-state index contributed by atoms with van der Waals surface area (Å²) in [5, 5.41) is 0. The molecule has 1 amide bonds. The molecule has 56 valence electrons. The van der Waals surface area contributed by atoms with E-state index in [4.69, 9.17) is 6.42 Å². The van der Waals surface area contributed by atoms with Gasteiger partial charge in [-0.2, -0.15) is 0 Å². The predicted molar refractivity (Wildman–Crippen MR) is 41.3 cm³/mol. The molecule has 0 fully saturated rings. The largest absolute Gasteiger partial charge is 0.349 e. The molecular weight excluding hydrogens is 126 g/mol. The van der Waals surface area contributed by atoms with Crippen LogP contribution in [0.4, 0.5) is 0 Å². The van der Waals surface area contributed by atoms with Crippen molar-refractivity contribution in [3.63, 3.8) is 0 Å². The van der Waals surface area contributed by atoms with Crippen molar-refractivity contribution in [1.29, 1.82) is 0 Å². The van der Waals surface area contributed by atoms with Gasteiger partial charge in [0.05, 0.1) is 0 Å². The van der Waals surface area contributed by atoms with Crippen LogP contribution < -0.4 is 0 Å². The van der Waals surface area contributed by atoms with Crippen molar-refractivity contribution in [2.45, 2.75) is 13.3 Å². The van der Waals surface area contributed by atoms with Gasteiger partial charge in [-0.05, 0) is 0 Å². The van der Waals surface area contributed by atoms with E-state index in [-0.39, 0.29) is 11.8 Å². The molecule has 0 aliphatic rings. The van der Waals surface area contributed by atoms with E-state index in [1.165, 1.54) is 0 Å². The first-order valence-corrected chi connectivity index (χ1v) is 3.24. The number of amides is 1. The van der Waals surface area contributed by atoms with Gasteiger partial charge in [0.2, 0.25) is 5.91 Å². The first-order valence-electron chi connectivity index (χ1n) is 3.24. The maximum Gasteiger partial charge on any atom is 0.225 e. The molecule has 0 bridgehead atoms. The number of terminal acetylenes is 1. The molecule has 0 rings (SSSR count). The number of carbonyl (C=O) groups excluding carboxylic acids is 1. The third-order valence-corrected chi connectivity index (χ3v) is 1.29. The van der Waals surface area contributed by atoms with Gasteiger partial charge in [-0.3, -0.25) is 4.79 Å². The summed E-state index contributed by atoms with van der Waals surface area (Å²) in [4.78, 5) is 12.6. The first-order chi connectivity index (χ1) is 4.59. The highest BCUT2D eigenvalue weighted by molar-refractivity contribution is 5.78. The van der Waals surface area contributed by atoms with E-state index in [1.807, 2.05) is 6.92 Å². The summed E-state index contributed by atoms with van der Waals surface area (Å²) < 4.78 is 0. The molecule has 0 spiro atoms. The third-order valence-electron chi connectivity index (χ3n) is 1.29. The van der Waals surface area contributed by atoms with Crippen LogP contribution in [-0.2, 0) is 4.79 Å². The average Bonchev–Trinajstić information content (AvgIpc) is 1.87. The Morgan fingerprint density at radius 2 is 2.20 bits per heavy atom. The molecular formula is C8H13NO. The summed E-state index contributed by atoms with van der Waals surface area (Å²) in [6.45, 7) is 1.84. The molecule has 0 aromatic carbocycles. The van der Waals surface area contributed by atoms with Gasteiger partial charge in [0.15, 0.2) is 0 Å². The van der Waals surface area contributed by atoms with Gasteiger partial charge in [-0.1, -0.05) is 6.92 Å². The lowest BCUT2D eigenvalue weighted by Gasteiger charge is -2.13. The fraction of sp³-hybridized carbons (Fsp3) is 0.625. The normalized spacial score (nSPS) is 11.8. The minimum atomic E-state index is -0.0417. The molecule has 0 aromatic heterocycles. The van der Waals surface area contributed by atoms with E-state index in [9.17, 15) is 4.79 Å². The third kappa shape index (κ3) is 2.54. The van der Waals surface area contributed by atoms with Crippen LogP contribution in [-0.4, -0.2) is 24.9 Å². The molecule has 2 nitrogen and oxygen atoms in total. The van der Waals surface area contributed by atoms with Crippen LogP contribution in [0.5, 0.6) is 0 Å². The van der Waals surface area contributed by atoms with Crippen molar-refractivity contribution >= 4 is 5.91 Å². The van der Waals surface area contributed by atoms with Crippen LogP contribution in [0, 0.1) is 18.3 Å². The summed E-state index contributed by atoms with van der Waals surface area (Å²) in [6, 6.07) is 0. The van der Waals surface area contributed by atoms with Crippen molar-refractivity contribution < 1.29 is 4.79 Å². The maximum atomic E-state index is 11.1. The molecule has 0 heterocycles. The van der Waals surface area contributed by atoms with Crippen LogP contribution >= 0.6 is 0 Å². The van der Waals surface area contributed by atoms with Crippen molar-refractivity contribution in [1.82, 2.24) is 4.90 Å². The fourth-order valence-corrected chi connectivity index (χ4v) is 0.705. The minimum absolute atomic E-state index is 0.0417. The van der Waals surface area contributed by atoms with E-state index >= 15 is 0 Å². The zero-order chi connectivity index (χ0) is 8.15. The van der Waals surface area contributed by atoms with E-state index in [1.54, 1.807) is 19.0 Å². The van der Waals surface area contributed by atoms with Gasteiger partial charge in [-0.15, -0.1) is 12.3 Å². The molecule has 0 aliphatic heterocycles. The van der Waals surface area contributed by atoms with Gasteiger partial charge < -0.3 is 4.90 Å². The number of hydrogen-bond donors (Lipinski definition) is 0. The lowest BCUT2D eigenvalue weighted by molar-refractivity contribution is -0.132. The van der Waals surface area contributed by atoms with Crippen molar-refractivity contribution in [3.05, 3.63) is 0 Å². The molecule has 0 radical (unpaired) electrons. The zero-order valence-corrected chi connectivity index (χ0v) is 6.72. The highest BCUT2D eigenvalue weighted by Gasteiger charge is 2.12. The highest BCUT2D eigenvalue weighted by Crippen LogP contribution is 2.02. The van der Waals surface area contributed by atoms with Crippen molar-refractivity contribution in [2.24, 2.45) is 5.92 Å². The lowest BCUT2D eigenvalue weighted by Crippen LogP contribution is -2.27. The summed E-state index contributed by atoms with van der Waals surface area (Å²) in [5.74, 6) is 2.51. The molecule has 1 unspecified atom stereocenters. The molecule has 0 N–H and O–H groups in total. The Hall–Kier alpha value is -0.970. The van der Waals surface area contributed by atoms with Gasteiger partial charge in [0.25, 0.3) is 0 Å². The quantitative estimate of drug-likeness (QED) is 0.516. The predicted octanol–water partition coefficient (Wildman–Crippen LogP) is 0.734. The van der Waals surface area contributed by atoms with Crippen LogP contribution in [0.25, 0.3) is 0 Å². The second kappa shape index (κ2) is 3.94. The standard InChI is InChI=1S/C8H13NO/c1-5-6-7(2)8(10)9(3)4/h1,7H,6H2,2-4H3. The smallest absolute Gasteiger partial charge is 0.225 e. The Morgan fingerprint density at radius 3 is 2.50 bits per heavy atom. The minimum Gasteiger partial charge on any atom is -0.349 e. The number of nitrogens with zero attached hydrogens (tertiary/aromatic N) is 1. The molecule has 0 saturated heterocycles. The molecule has 0 aromatic rings. The summed E-state index contributed by atoms with van der Waals surface area (Å²) in [5.41, 5.74) is 0. The second-order valence-corrected chi connectivity index (χ2v) is 2.54. The fourth-order valence-electron chi connectivity index (χ4n) is 0.705. The molecule has 2 heteroatoms. The SMILES string of the molecule is C#CCC(C)C(=O)N(C)C. The van der Waals surface area contributed by atoms with Gasteiger partial charge in [-0.25, -0.2) is 0 Å². The van der Waals surface area contributed by atoms with Gasteiger partial charge in [0.1, 0.15) is 0 Å². The molecule has 1 atom stereocenters. The Bertz CT molecular complexity index is 155. The van der Waals surface area contributed by atoms with Crippen LogP contribution in [0.15, 0.2) is 0 Å². The Kier molecular flexibility index (Phi) is 3.56. The maximum absolute atomic E-state index is 11.1. The molecule has 0 aliphatic carbocycles. The van der Waals surface area contributed by atoms with Crippen molar-refractivity contribution in [2.75, 3.05) is 14.1 Å². The van der Waals surface area contributed by atoms with Gasteiger partial charge in [0, 0.05) is 26.4 Å². The number of hydrogen-bond acceptors (Lipinski definition) is 1. The van der Waals surface area contributed by atoms with E-state index in [0.717, 1.165) is 0 Å². The van der Waals surface area contributed by atoms with Crippen LogP contribution in [0.3, 0.4) is 0 Å². The van der Waals surface area contributed by atoms with Crippen LogP contribution in [0.2, 0.25) is 0 Å². The lowest BCUT2D eigenvalue weighted by atomic mass is 10.1. The first kappa shape index (κ1) is 9.03. The highest BCUT2D eigenvalue weighted by atomic mass is 16.2. The summed E-state index contributed by atoms with van der Waals surface area (Å²) >= 11 is 0. The Morgan fingerprint density at radius 1 is 1.70 bits per heavy atom. The number of carbonyl (C=O) groups is 1. The van der Waals surface area contributed by atoms with E-state index in [2.05, 4.69) is 5.92 Å². The zero-order valence-electron chi connectivity index (χ0n) is 6.72. The van der Waals surface area contributed by atoms with Crippen LogP contribution in [0.1, 0.15) is 13.3 Å². The Balaban J connectivity index is 3.85. The van der Waals surface area contributed by atoms with Crippen molar-refractivity contribution in [3.8, 4) is 12.3 Å². The summed E-state index contributed by atoms with van der Waals surface area (Å²) in [6.07, 6.45) is 5.57. The Labute approximate surface area is 62.2 Å². The topological polar surface area (TPSA) is 20.3 Å². The number of rotatable bonds is 2. The average molecular weight is 139 g/mol. The monoisotopic (exact) mass is 139 g/mol. The van der Waals surface area contributed by atoms with E-state index < -0.39 is 0 Å². The molecule has 0 saturated carbocycles. The molecule has 10 heavy (non-hydrogen) atoms. The van der Waals surface area contributed by atoms with E-state index in [0.29, 0.717) is 6.42 Å². The second-order valence-electron chi connectivity index (χ2n) is 2.54.